The molecule has 3 aromatic heterocycles. The van der Waals surface area contributed by atoms with Crippen molar-refractivity contribution in [1.82, 2.24) is 20.4 Å². The van der Waals surface area contributed by atoms with Gasteiger partial charge in [-0.15, -0.1) is 0 Å². The van der Waals surface area contributed by atoms with Crippen LogP contribution in [0.25, 0.3) is 22.6 Å². The number of hydrogen-bond donors (Lipinski definition) is 1. The molecule has 168 valence electrons. The molecule has 1 aromatic carbocycles. The Hall–Kier alpha value is -3.98. The van der Waals surface area contributed by atoms with Crippen molar-refractivity contribution < 1.29 is 23.3 Å². The van der Waals surface area contributed by atoms with Gasteiger partial charge >= 0.3 is 0 Å². The molecule has 1 aliphatic heterocycles. The molecule has 1 atom stereocenters. The Balaban J connectivity index is 1.53. The third-order valence-corrected chi connectivity index (χ3v) is 5.61. The third-order valence-electron chi connectivity index (χ3n) is 5.61. The number of pyridine rings is 1. The number of carbonyl (C=O) groups excluding carboxylic acids is 2. The van der Waals surface area contributed by atoms with Crippen LogP contribution in [0.2, 0.25) is 0 Å². The zero-order chi connectivity index (χ0) is 22.8. The zero-order valence-electron chi connectivity index (χ0n) is 18.0. The molecule has 1 N–H and O–H groups in total. The van der Waals surface area contributed by atoms with Gasteiger partial charge in [-0.1, -0.05) is 35.5 Å². The van der Waals surface area contributed by atoms with Gasteiger partial charge in [0.05, 0.1) is 36.1 Å². The van der Waals surface area contributed by atoms with Gasteiger partial charge in [0.2, 0.25) is 5.91 Å². The summed E-state index contributed by atoms with van der Waals surface area (Å²) in [7, 11) is 0. The summed E-state index contributed by atoms with van der Waals surface area (Å²) in [6.07, 6.45) is 1.53. The number of ether oxygens (including phenoxy) is 1. The SMILES string of the molecule is Cc1noc2nc(-c3ccco3)cc(C(=O)N[C@@H](C(=O)N3CCOCC3)c3ccccc3)c12. The number of rotatable bonds is 5. The van der Waals surface area contributed by atoms with E-state index in [4.69, 9.17) is 13.7 Å². The molecule has 0 bridgehead atoms. The Bertz CT molecular complexity index is 1280. The van der Waals surface area contributed by atoms with Crippen LogP contribution in [-0.4, -0.2) is 53.2 Å². The number of benzene rings is 1. The fourth-order valence-electron chi connectivity index (χ4n) is 3.93. The van der Waals surface area contributed by atoms with E-state index in [0.29, 0.717) is 60.0 Å². The van der Waals surface area contributed by atoms with E-state index in [9.17, 15) is 9.59 Å². The van der Waals surface area contributed by atoms with E-state index in [1.54, 1.807) is 30.0 Å². The molecule has 2 amide bonds. The van der Waals surface area contributed by atoms with Crippen LogP contribution in [0.15, 0.2) is 63.7 Å². The number of nitrogens with one attached hydrogen (secondary N) is 1. The Morgan fingerprint density at radius 1 is 1.09 bits per heavy atom. The van der Waals surface area contributed by atoms with E-state index in [2.05, 4.69) is 15.5 Å². The number of hydrogen-bond acceptors (Lipinski definition) is 7. The highest BCUT2D eigenvalue weighted by atomic mass is 16.5. The molecule has 9 heteroatoms. The van der Waals surface area contributed by atoms with Crippen molar-refractivity contribution in [2.24, 2.45) is 0 Å². The highest BCUT2D eigenvalue weighted by molar-refractivity contribution is 6.08. The minimum atomic E-state index is -0.854. The smallest absolute Gasteiger partial charge is 0.259 e. The second-order valence-electron chi connectivity index (χ2n) is 7.74. The minimum Gasteiger partial charge on any atom is -0.463 e. The second-order valence-corrected chi connectivity index (χ2v) is 7.74. The molecule has 4 heterocycles. The Labute approximate surface area is 189 Å². The van der Waals surface area contributed by atoms with Gasteiger partial charge in [0, 0.05) is 13.1 Å². The number of morpholine rings is 1. The van der Waals surface area contributed by atoms with E-state index < -0.39 is 11.9 Å². The van der Waals surface area contributed by atoms with Crippen LogP contribution in [0.1, 0.15) is 27.7 Å². The molecule has 0 spiro atoms. The van der Waals surface area contributed by atoms with Gasteiger partial charge in [-0.3, -0.25) is 9.59 Å². The monoisotopic (exact) mass is 446 g/mol. The highest BCUT2D eigenvalue weighted by Gasteiger charge is 2.30. The summed E-state index contributed by atoms with van der Waals surface area (Å²) in [4.78, 5) is 33.1. The van der Waals surface area contributed by atoms with Crippen molar-refractivity contribution in [3.63, 3.8) is 0 Å². The number of fused-ring (bicyclic) bond motifs is 1. The minimum absolute atomic E-state index is 0.184. The van der Waals surface area contributed by atoms with Gasteiger partial charge in [-0.05, 0) is 30.7 Å². The predicted molar refractivity (Wildman–Crippen MR) is 118 cm³/mol. The van der Waals surface area contributed by atoms with E-state index in [1.807, 2.05) is 30.3 Å². The molecule has 0 aliphatic carbocycles. The summed E-state index contributed by atoms with van der Waals surface area (Å²) in [5.74, 6) is -0.127. The van der Waals surface area contributed by atoms with Crippen LogP contribution in [0.4, 0.5) is 0 Å². The summed E-state index contributed by atoms with van der Waals surface area (Å²) < 4.78 is 16.2. The Morgan fingerprint density at radius 3 is 2.61 bits per heavy atom. The fourth-order valence-corrected chi connectivity index (χ4v) is 3.93. The quantitative estimate of drug-likeness (QED) is 0.501. The molecule has 0 saturated carbocycles. The van der Waals surface area contributed by atoms with Crippen LogP contribution in [-0.2, 0) is 9.53 Å². The van der Waals surface area contributed by atoms with Crippen molar-refractivity contribution in [2.45, 2.75) is 13.0 Å². The summed E-state index contributed by atoms with van der Waals surface area (Å²) in [5.41, 5.74) is 2.19. The average molecular weight is 446 g/mol. The molecule has 1 fully saturated rings. The number of nitrogens with zero attached hydrogens (tertiary/aromatic N) is 3. The van der Waals surface area contributed by atoms with Crippen LogP contribution in [0.3, 0.4) is 0 Å². The maximum absolute atomic E-state index is 13.6. The second kappa shape index (κ2) is 8.87. The van der Waals surface area contributed by atoms with Gasteiger partial charge in [-0.2, -0.15) is 0 Å². The molecule has 0 unspecified atom stereocenters. The van der Waals surface area contributed by atoms with Crippen LogP contribution < -0.4 is 5.32 Å². The number of aromatic nitrogens is 2. The molecule has 5 rings (SSSR count). The lowest BCUT2D eigenvalue weighted by atomic mass is 10.0. The summed E-state index contributed by atoms with van der Waals surface area (Å²) in [5, 5.41) is 7.39. The van der Waals surface area contributed by atoms with E-state index >= 15 is 0 Å². The van der Waals surface area contributed by atoms with Crippen LogP contribution in [0.5, 0.6) is 0 Å². The van der Waals surface area contributed by atoms with E-state index in [0.717, 1.165) is 0 Å². The first-order valence-corrected chi connectivity index (χ1v) is 10.6. The lowest BCUT2D eigenvalue weighted by Gasteiger charge is -2.31. The number of furan rings is 1. The van der Waals surface area contributed by atoms with Crippen molar-refractivity contribution in [3.05, 3.63) is 71.6 Å². The predicted octanol–water partition coefficient (Wildman–Crippen LogP) is 3.12. The summed E-state index contributed by atoms with van der Waals surface area (Å²) in [6.45, 7) is 3.64. The fraction of sp³-hybridized carbons (Fsp3) is 0.250. The highest BCUT2D eigenvalue weighted by Crippen LogP contribution is 2.28. The van der Waals surface area contributed by atoms with Crippen LogP contribution in [0, 0.1) is 6.92 Å². The first-order valence-electron chi connectivity index (χ1n) is 10.6. The van der Waals surface area contributed by atoms with Gasteiger partial charge in [0.25, 0.3) is 11.6 Å². The maximum atomic E-state index is 13.6. The molecule has 1 saturated heterocycles. The molecular formula is C24H22N4O5. The molecule has 1 aliphatic rings. The maximum Gasteiger partial charge on any atom is 0.259 e. The normalized spacial score (nSPS) is 14.9. The summed E-state index contributed by atoms with van der Waals surface area (Å²) >= 11 is 0. The lowest BCUT2D eigenvalue weighted by Crippen LogP contribution is -2.47. The van der Waals surface area contributed by atoms with Crippen molar-refractivity contribution in [1.29, 1.82) is 0 Å². The van der Waals surface area contributed by atoms with Gasteiger partial charge in [0.1, 0.15) is 11.7 Å². The van der Waals surface area contributed by atoms with E-state index in [-0.39, 0.29) is 11.6 Å². The summed E-state index contributed by atoms with van der Waals surface area (Å²) in [6, 6.07) is 13.4. The first-order chi connectivity index (χ1) is 16.1. The Morgan fingerprint density at radius 2 is 1.88 bits per heavy atom. The van der Waals surface area contributed by atoms with Crippen molar-refractivity contribution >= 4 is 22.9 Å². The lowest BCUT2D eigenvalue weighted by molar-refractivity contribution is -0.137. The van der Waals surface area contributed by atoms with Crippen molar-refractivity contribution in [3.8, 4) is 11.5 Å². The zero-order valence-corrected chi connectivity index (χ0v) is 18.0. The standard InChI is InChI=1S/C24H22N4O5/c1-15-20-17(14-18(19-8-5-11-32-19)25-23(20)33-27-15)22(29)26-21(16-6-3-2-4-7-16)24(30)28-9-12-31-13-10-28/h2-8,11,14,21H,9-10,12-13H2,1H3,(H,26,29)/t21-/m1/s1. The molecule has 0 radical (unpaired) electrons. The largest absolute Gasteiger partial charge is 0.463 e. The van der Waals surface area contributed by atoms with Gasteiger partial charge < -0.3 is 23.9 Å². The topological polar surface area (TPSA) is 111 Å². The van der Waals surface area contributed by atoms with E-state index in [1.165, 1.54) is 6.26 Å². The molecule has 9 nitrogen and oxygen atoms in total. The number of amides is 2. The molecular weight excluding hydrogens is 424 g/mol. The Kier molecular flexibility index (Phi) is 5.62. The van der Waals surface area contributed by atoms with Crippen LogP contribution >= 0.6 is 0 Å². The van der Waals surface area contributed by atoms with Gasteiger partial charge in [-0.25, -0.2) is 4.98 Å². The molecule has 4 aromatic rings. The molecule has 33 heavy (non-hydrogen) atoms. The third kappa shape index (κ3) is 4.10. The van der Waals surface area contributed by atoms with Gasteiger partial charge in [0.15, 0.2) is 5.76 Å². The first kappa shape index (κ1) is 20.9. The average Bonchev–Trinajstić information content (AvgIpc) is 3.53. The number of aryl methyl sites for hydroxylation is 1. The number of carbonyl (C=O) groups is 2. The van der Waals surface area contributed by atoms with Crippen molar-refractivity contribution in [2.75, 3.05) is 26.3 Å².